The maximum absolute atomic E-state index is 10.2. The SMILES string of the molecule is C=COS(=O)(=O)C=C. The molecule has 0 rings (SSSR count). The van der Waals surface area contributed by atoms with Crippen LogP contribution in [0.25, 0.3) is 0 Å². The van der Waals surface area contributed by atoms with Gasteiger partial charge in [0.05, 0.1) is 11.7 Å². The molecule has 0 aromatic heterocycles. The van der Waals surface area contributed by atoms with Gasteiger partial charge in [-0.2, -0.15) is 8.42 Å². The fraction of sp³-hybridized carbons (Fsp3) is 0. The van der Waals surface area contributed by atoms with E-state index in [9.17, 15) is 8.42 Å². The lowest BCUT2D eigenvalue weighted by molar-refractivity contribution is 0.454. The van der Waals surface area contributed by atoms with Crippen LogP contribution in [0.4, 0.5) is 0 Å². The quantitative estimate of drug-likeness (QED) is 0.419. The van der Waals surface area contributed by atoms with Gasteiger partial charge in [-0.15, -0.1) is 0 Å². The molecule has 0 aliphatic heterocycles. The van der Waals surface area contributed by atoms with E-state index >= 15 is 0 Å². The molecule has 8 heavy (non-hydrogen) atoms. The molecular weight excluding hydrogens is 128 g/mol. The van der Waals surface area contributed by atoms with E-state index in [4.69, 9.17) is 0 Å². The Kier molecular flexibility index (Phi) is 2.27. The smallest absolute Gasteiger partial charge is 0.331 e. The van der Waals surface area contributed by atoms with Crippen molar-refractivity contribution >= 4 is 10.1 Å². The zero-order valence-corrected chi connectivity index (χ0v) is 5.02. The maximum atomic E-state index is 10.2. The van der Waals surface area contributed by atoms with Gasteiger partial charge in [0.25, 0.3) is 0 Å². The summed E-state index contributed by atoms with van der Waals surface area (Å²) in [6.45, 7) is 6.03. The van der Waals surface area contributed by atoms with Gasteiger partial charge >= 0.3 is 10.1 Å². The minimum atomic E-state index is -3.52. The molecule has 0 fully saturated rings. The van der Waals surface area contributed by atoms with Gasteiger partial charge in [0.15, 0.2) is 0 Å². The van der Waals surface area contributed by atoms with Crippen molar-refractivity contribution in [3.8, 4) is 0 Å². The normalized spacial score (nSPS) is 10.0. The minimum Gasteiger partial charge on any atom is -0.388 e. The van der Waals surface area contributed by atoms with E-state index in [0.717, 1.165) is 6.26 Å². The molecule has 0 heterocycles. The first kappa shape index (κ1) is 7.23. The Hall–Kier alpha value is -0.770. The Balaban J connectivity index is 4.15. The van der Waals surface area contributed by atoms with Crippen molar-refractivity contribution in [2.24, 2.45) is 0 Å². The summed E-state index contributed by atoms with van der Waals surface area (Å²) in [6, 6.07) is 0. The van der Waals surface area contributed by atoms with E-state index < -0.39 is 10.1 Å². The molecule has 0 aliphatic carbocycles. The van der Waals surface area contributed by atoms with Gasteiger partial charge in [-0.05, 0) is 0 Å². The largest absolute Gasteiger partial charge is 0.388 e. The highest BCUT2D eigenvalue weighted by Gasteiger charge is 1.97. The van der Waals surface area contributed by atoms with E-state index in [1.54, 1.807) is 0 Å². The van der Waals surface area contributed by atoms with Gasteiger partial charge in [0, 0.05) is 0 Å². The molecule has 0 saturated carbocycles. The molecular formula is C4H6O3S. The first-order chi connectivity index (χ1) is 3.62. The monoisotopic (exact) mass is 134 g/mol. The van der Waals surface area contributed by atoms with Crippen molar-refractivity contribution in [2.45, 2.75) is 0 Å². The number of hydrogen-bond acceptors (Lipinski definition) is 3. The van der Waals surface area contributed by atoms with Gasteiger partial charge in [0.1, 0.15) is 0 Å². The van der Waals surface area contributed by atoms with E-state index in [-0.39, 0.29) is 0 Å². The maximum Gasteiger partial charge on any atom is 0.331 e. The van der Waals surface area contributed by atoms with Crippen molar-refractivity contribution in [2.75, 3.05) is 0 Å². The Morgan fingerprint density at radius 2 is 1.88 bits per heavy atom. The molecule has 0 bridgehead atoms. The summed E-state index contributed by atoms with van der Waals surface area (Å²) in [4.78, 5) is 0. The molecule has 46 valence electrons. The number of rotatable bonds is 3. The van der Waals surface area contributed by atoms with Gasteiger partial charge in [-0.25, -0.2) is 0 Å². The molecule has 0 atom stereocenters. The van der Waals surface area contributed by atoms with Gasteiger partial charge in [0.2, 0.25) is 0 Å². The second kappa shape index (κ2) is 2.52. The number of hydrogen-bond donors (Lipinski definition) is 0. The third-order valence-electron chi connectivity index (χ3n) is 0.406. The molecule has 0 aromatic carbocycles. The summed E-state index contributed by atoms with van der Waals surface area (Å²) >= 11 is 0. The van der Waals surface area contributed by atoms with Crippen LogP contribution in [0.3, 0.4) is 0 Å². The third-order valence-corrected chi connectivity index (χ3v) is 1.22. The van der Waals surface area contributed by atoms with Crippen LogP contribution in [0.5, 0.6) is 0 Å². The van der Waals surface area contributed by atoms with Crippen LogP contribution < -0.4 is 0 Å². The molecule has 0 amide bonds. The van der Waals surface area contributed by atoms with Crippen molar-refractivity contribution < 1.29 is 12.6 Å². The Bertz CT molecular complexity index is 177. The first-order valence-corrected chi connectivity index (χ1v) is 3.26. The lowest BCUT2D eigenvalue weighted by atomic mass is 11.2. The summed E-state index contributed by atoms with van der Waals surface area (Å²) in [5.74, 6) is 0. The molecule has 0 aromatic rings. The summed E-state index contributed by atoms with van der Waals surface area (Å²) in [6.07, 6.45) is 0.830. The van der Waals surface area contributed by atoms with E-state index in [1.807, 2.05) is 0 Å². The molecule has 0 saturated heterocycles. The highest BCUT2D eigenvalue weighted by atomic mass is 32.2. The first-order valence-electron chi connectivity index (χ1n) is 1.79. The summed E-state index contributed by atoms with van der Waals surface area (Å²) in [5, 5.41) is 0.703. The van der Waals surface area contributed by atoms with E-state index in [1.165, 1.54) is 0 Å². The van der Waals surface area contributed by atoms with Crippen LogP contribution in [-0.4, -0.2) is 8.42 Å². The minimum absolute atomic E-state index is 0.703. The molecule has 3 nitrogen and oxygen atoms in total. The molecule has 4 heteroatoms. The van der Waals surface area contributed by atoms with Crippen LogP contribution in [0.15, 0.2) is 24.8 Å². The van der Waals surface area contributed by atoms with Crippen LogP contribution >= 0.6 is 0 Å². The van der Waals surface area contributed by atoms with Crippen LogP contribution in [0.2, 0.25) is 0 Å². The second-order valence-corrected chi connectivity index (χ2v) is 2.43. The van der Waals surface area contributed by atoms with Crippen LogP contribution in [0, 0.1) is 0 Å². The summed E-state index contributed by atoms with van der Waals surface area (Å²) < 4.78 is 24.4. The van der Waals surface area contributed by atoms with Gasteiger partial charge in [-0.3, -0.25) is 0 Å². The molecule has 0 radical (unpaired) electrons. The lowest BCUT2D eigenvalue weighted by Gasteiger charge is -1.90. The lowest BCUT2D eigenvalue weighted by Crippen LogP contribution is -1.93. The predicted molar refractivity (Wildman–Crippen MR) is 30.4 cm³/mol. The summed E-state index contributed by atoms with van der Waals surface area (Å²) in [5.41, 5.74) is 0. The van der Waals surface area contributed by atoms with Crippen molar-refractivity contribution in [1.29, 1.82) is 0 Å². The Morgan fingerprint density at radius 1 is 1.38 bits per heavy atom. The average Bonchev–Trinajstić information content (AvgIpc) is 1.67. The highest BCUT2D eigenvalue weighted by Crippen LogP contribution is 1.91. The average molecular weight is 134 g/mol. The van der Waals surface area contributed by atoms with Gasteiger partial charge < -0.3 is 4.18 Å². The zero-order chi connectivity index (χ0) is 6.62. The topological polar surface area (TPSA) is 43.4 Å². The van der Waals surface area contributed by atoms with E-state index in [0.29, 0.717) is 5.41 Å². The zero-order valence-electron chi connectivity index (χ0n) is 4.20. The molecule has 0 spiro atoms. The highest BCUT2D eigenvalue weighted by molar-refractivity contribution is 7.89. The van der Waals surface area contributed by atoms with Crippen LogP contribution in [0.1, 0.15) is 0 Å². The van der Waals surface area contributed by atoms with Crippen LogP contribution in [-0.2, 0) is 14.3 Å². The Labute approximate surface area is 48.4 Å². The molecule has 0 aliphatic rings. The van der Waals surface area contributed by atoms with Crippen molar-refractivity contribution in [1.82, 2.24) is 0 Å². The second-order valence-electron chi connectivity index (χ2n) is 0.922. The van der Waals surface area contributed by atoms with Crippen molar-refractivity contribution in [3.63, 3.8) is 0 Å². The van der Waals surface area contributed by atoms with Crippen molar-refractivity contribution in [3.05, 3.63) is 24.8 Å². The Morgan fingerprint density at radius 3 is 2.00 bits per heavy atom. The molecule has 0 unspecified atom stereocenters. The summed E-state index contributed by atoms with van der Waals surface area (Å²) in [7, 11) is -3.52. The fourth-order valence-electron chi connectivity index (χ4n) is 0.134. The molecule has 0 N–H and O–H groups in total. The third kappa shape index (κ3) is 2.41. The fourth-order valence-corrected chi connectivity index (χ4v) is 0.402. The van der Waals surface area contributed by atoms with Gasteiger partial charge in [-0.1, -0.05) is 13.2 Å². The van der Waals surface area contributed by atoms with E-state index in [2.05, 4.69) is 17.3 Å². The predicted octanol–water partition coefficient (Wildman–Crippen LogP) is 0.620. The standard InChI is InChI=1S/C4H6O3S/c1-3-7-8(5,6)4-2/h3-4H,1-2H2.